The van der Waals surface area contributed by atoms with E-state index in [0.717, 1.165) is 19.3 Å². The maximum atomic E-state index is 5.61. The fraction of sp³-hybridized carbons (Fsp3) is 1.00. The van der Waals surface area contributed by atoms with Crippen molar-refractivity contribution in [3.63, 3.8) is 0 Å². The number of hydrogen-bond acceptors (Lipinski definition) is 2. The van der Waals surface area contributed by atoms with Crippen LogP contribution in [-0.2, 0) is 4.74 Å². The standard InChI is InChI=1S/C11H21NO/c1-11(2,3)12-9-4-5-10(12)8-13-7-6-9/h9-10H,4-8H2,1-3H3/t9-,10+/m0/s1. The third-order valence-corrected chi connectivity index (χ3v) is 3.30. The number of nitrogens with zero attached hydrogens (tertiary/aromatic N) is 1. The molecule has 2 aliphatic heterocycles. The van der Waals surface area contributed by atoms with Crippen LogP contribution in [0.4, 0.5) is 0 Å². The summed E-state index contributed by atoms with van der Waals surface area (Å²) in [5.74, 6) is 0. The van der Waals surface area contributed by atoms with Crippen molar-refractivity contribution in [3.05, 3.63) is 0 Å². The SMILES string of the molecule is CC(C)(C)N1[C@@H]2CCOC[C@H]1CC2. The molecule has 0 aliphatic carbocycles. The smallest absolute Gasteiger partial charge is 0.0622 e. The van der Waals surface area contributed by atoms with Gasteiger partial charge >= 0.3 is 0 Å². The second-order valence-corrected chi connectivity index (χ2v) is 5.33. The first-order chi connectivity index (χ1) is 6.09. The summed E-state index contributed by atoms with van der Waals surface area (Å²) in [5.41, 5.74) is 0.319. The zero-order valence-corrected chi connectivity index (χ0v) is 9.05. The van der Waals surface area contributed by atoms with E-state index >= 15 is 0 Å². The Balaban J connectivity index is 2.16. The quantitative estimate of drug-likeness (QED) is 0.570. The van der Waals surface area contributed by atoms with Crippen molar-refractivity contribution in [1.82, 2.24) is 4.90 Å². The summed E-state index contributed by atoms with van der Waals surface area (Å²) in [7, 11) is 0. The van der Waals surface area contributed by atoms with Crippen LogP contribution in [0.1, 0.15) is 40.0 Å². The first-order valence-corrected chi connectivity index (χ1v) is 5.45. The summed E-state index contributed by atoms with van der Waals surface area (Å²) in [5, 5.41) is 0. The van der Waals surface area contributed by atoms with Crippen LogP contribution >= 0.6 is 0 Å². The average Bonchev–Trinajstić information content (AvgIpc) is 2.22. The molecule has 2 heteroatoms. The van der Waals surface area contributed by atoms with Crippen LogP contribution < -0.4 is 0 Å². The van der Waals surface area contributed by atoms with Crippen molar-refractivity contribution in [1.29, 1.82) is 0 Å². The Hall–Kier alpha value is -0.0800. The van der Waals surface area contributed by atoms with Crippen LogP contribution in [0.25, 0.3) is 0 Å². The van der Waals surface area contributed by atoms with Gasteiger partial charge in [-0.05, 0) is 40.0 Å². The summed E-state index contributed by atoms with van der Waals surface area (Å²) in [6.07, 6.45) is 3.95. The van der Waals surface area contributed by atoms with E-state index in [9.17, 15) is 0 Å². The Morgan fingerprint density at radius 2 is 1.77 bits per heavy atom. The molecule has 0 spiro atoms. The molecule has 0 amide bonds. The average molecular weight is 183 g/mol. The third kappa shape index (κ3) is 1.75. The molecule has 0 unspecified atom stereocenters. The van der Waals surface area contributed by atoms with E-state index in [1.165, 1.54) is 19.3 Å². The van der Waals surface area contributed by atoms with Gasteiger partial charge < -0.3 is 4.74 Å². The molecular formula is C11H21NO. The molecule has 0 aromatic rings. The van der Waals surface area contributed by atoms with Crippen LogP contribution in [-0.4, -0.2) is 35.7 Å². The zero-order chi connectivity index (χ0) is 9.47. The van der Waals surface area contributed by atoms with Gasteiger partial charge in [0.25, 0.3) is 0 Å². The Labute approximate surface area is 81.3 Å². The van der Waals surface area contributed by atoms with Gasteiger partial charge in [-0.15, -0.1) is 0 Å². The highest BCUT2D eigenvalue weighted by atomic mass is 16.5. The van der Waals surface area contributed by atoms with E-state index in [1.807, 2.05) is 0 Å². The molecule has 2 aliphatic rings. The number of fused-ring (bicyclic) bond motifs is 2. The van der Waals surface area contributed by atoms with Crippen molar-refractivity contribution in [2.24, 2.45) is 0 Å². The summed E-state index contributed by atoms with van der Waals surface area (Å²) in [4.78, 5) is 2.68. The van der Waals surface area contributed by atoms with Gasteiger partial charge in [0.05, 0.1) is 6.61 Å². The maximum Gasteiger partial charge on any atom is 0.0622 e. The molecule has 2 rings (SSSR count). The number of ether oxygens (including phenoxy) is 1. The molecule has 76 valence electrons. The van der Waals surface area contributed by atoms with Gasteiger partial charge in [-0.1, -0.05) is 0 Å². The summed E-state index contributed by atoms with van der Waals surface area (Å²) >= 11 is 0. The van der Waals surface area contributed by atoms with E-state index in [1.54, 1.807) is 0 Å². The van der Waals surface area contributed by atoms with E-state index < -0.39 is 0 Å². The highest BCUT2D eigenvalue weighted by Gasteiger charge is 2.41. The molecule has 2 fully saturated rings. The zero-order valence-electron chi connectivity index (χ0n) is 9.05. The molecule has 2 nitrogen and oxygen atoms in total. The van der Waals surface area contributed by atoms with Gasteiger partial charge in [-0.25, -0.2) is 0 Å². The van der Waals surface area contributed by atoms with E-state index in [0.29, 0.717) is 11.6 Å². The topological polar surface area (TPSA) is 12.5 Å². The van der Waals surface area contributed by atoms with E-state index in [2.05, 4.69) is 25.7 Å². The van der Waals surface area contributed by atoms with Crippen molar-refractivity contribution in [2.75, 3.05) is 13.2 Å². The highest BCUT2D eigenvalue weighted by molar-refractivity contribution is 4.95. The molecule has 2 bridgehead atoms. The molecule has 0 aromatic carbocycles. The summed E-state index contributed by atoms with van der Waals surface area (Å²) in [6, 6.07) is 1.47. The lowest BCUT2D eigenvalue weighted by Crippen LogP contribution is -2.49. The minimum Gasteiger partial charge on any atom is -0.380 e. The lowest BCUT2D eigenvalue weighted by Gasteiger charge is -2.39. The molecule has 0 aromatic heterocycles. The van der Waals surface area contributed by atoms with Gasteiger partial charge in [0, 0.05) is 24.2 Å². The number of rotatable bonds is 0. The van der Waals surface area contributed by atoms with Crippen LogP contribution in [0.2, 0.25) is 0 Å². The molecule has 2 saturated heterocycles. The Morgan fingerprint density at radius 3 is 2.46 bits per heavy atom. The third-order valence-electron chi connectivity index (χ3n) is 3.30. The van der Waals surface area contributed by atoms with Gasteiger partial charge in [0.15, 0.2) is 0 Å². The predicted octanol–water partition coefficient (Wildman–Crippen LogP) is 2.04. The van der Waals surface area contributed by atoms with Crippen LogP contribution in [0.3, 0.4) is 0 Å². The fourth-order valence-electron chi connectivity index (χ4n) is 2.94. The Bertz CT molecular complexity index is 171. The normalized spacial score (nSPS) is 36.2. The van der Waals surface area contributed by atoms with Crippen molar-refractivity contribution in [3.8, 4) is 0 Å². The number of hydrogen-bond donors (Lipinski definition) is 0. The predicted molar refractivity (Wildman–Crippen MR) is 53.8 cm³/mol. The molecule has 2 atom stereocenters. The lowest BCUT2D eigenvalue weighted by atomic mass is 10.0. The second kappa shape index (κ2) is 3.25. The monoisotopic (exact) mass is 183 g/mol. The van der Waals surface area contributed by atoms with Crippen LogP contribution in [0.5, 0.6) is 0 Å². The van der Waals surface area contributed by atoms with Gasteiger partial charge in [-0.3, -0.25) is 4.90 Å². The molecule has 0 N–H and O–H groups in total. The highest BCUT2D eigenvalue weighted by Crippen LogP contribution is 2.35. The van der Waals surface area contributed by atoms with Crippen LogP contribution in [0.15, 0.2) is 0 Å². The molecule has 2 heterocycles. The second-order valence-electron chi connectivity index (χ2n) is 5.33. The van der Waals surface area contributed by atoms with Crippen molar-refractivity contribution >= 4 is 0 Å². The fourth-order valence-corrected chi connectivity index (χ4v) is 2.94. The minimum atomic E-state index is 0.319. The molecule has 0 radical (unpaired) electrons. The molecule has 13 heavy (non-hydrogen) atoms. The van der Waals surface area contributed by atoms with Crippen molar-refractivity contribution in [2.45, 2.75) is 57.7 Å². The largest absolute Gasteiger partial charge is 0.380 e. The van der Waals surface area contributed by atoms with E-state index in [-0.39, 0.29) is 0 Å². The Kier molecular flexibility index (Phi) is 2.37. The van der Waals surface area contributed by atoms with Crippen molar-refractivity contribution < 1.29 is 4.74 Å². The van der Waals surface area contributed by atoms with Gasteiger partial charge in [-0.2, -0.15) is 0 Å². The van der Waals surface area contributed by atoms with Gasteiger partial charge in [0.1, 0.15) is 0 Å². The van der Waals surface area contributed by atoms with E-state index in [4.69, 9.17) is 4.74 Å². The first-order valence-electron chi connectivity index (χ1n) is 5.45. The molecule has 0 saturated carbocycles. The first kappa shape index (κ1) is 9.47. The van der Waals surface area contributed by atoms with Gasteiger partial charge in [0.2, 0.25) is 0 Å². The summed E-state index contributed by atoms with van der Waals surface area (Å²) in [6.45, 7) is 8.89. The Morgan fingerprint density at radius 1 is 1.08 bits per heavy atom. The molecular weight excluding hydrogens is 162 g/mol. The summed E-state index contributed by atoms with van der Waals surface area (Å²) < 4.78 is 5.61. The lowest BCUT2D eigenvalue weighted by molar-refractivity contribution is 0.0584. The minimum absolute atomic E-state index is 0.319. The van der Waals surface area contributed by atoms with Crippen LogP contribution in [0, 0.1) is 0 Å². The maximum absolute atomic E-state index is 5.61.